The molecule has 0 saturated carbocycles. The molecule has 9 heteroatoms. The standard InChI is InChI=1S/C27H24F5N3O/c28-20-5-7-22(8-6-20)34-10-11-35-24-9-4-19(27(30,31)32)13-18(24)14-23(25(35)16-34)26(36)33-15-17-2-1-3-21(29)12-17/h1-9,12-13,23,25H,10-11,14-16H2,(H,33,36)/t23-,25+/m0/s1. The Hall–Kier alpha value is -3.62. The average Bonchev–Trinajstić information content (AvgIpc) is 2.86. The molecule has 0 aromatic heterocycles. The van der Waals surface area contributed by atoms with Crippen molar-refractivity contribution < 1.29 is 26.7 Å². The van der Waals surface area contributed by atoms with Crippen molar-refractivity contribution in [3.8, 4) is 0 Å². The first-order chi connectivity index (χ1) is 17.2. The van der Waals surface area contributed by atoms with E-state index in [0.29, 0.717) is 36.4 Å². The maximum absolute atomic E-state index is 13.6. The van der Waals surface area contributed by atoms with Gasteiger partial charge in [-0.15, -0.1) is 0 Å². The SMILES string of the molecule is O=C(NCc1cccc(F)c1)[C@H]1Cc2cc(C(F)(F)F)ccc2N2CCN(c3ccc(F)cc3)C[C@H]12. The molecular weight excluding hydrogens is 477 g/mol. The van der Waals surface area contributed by atoms with Crippen LogP contribution in [0.5, 0.6) is 0 Å². The number of piperazine rings is 1. The van der Waals surface area contributed by atoms with E-state index in [2.05, 4.69) is 10.2 Å². The van der Waals surface area contributed by atoms with Gasteiger partial charge in [-0.1, -0.05) is 12.1 Å². The predicted octanol–water partition coefficient (Wildman–Crippen LogP) is 5.17. The second-order valence-electron chi connectivity index (χ2n) is 9.18. The molecule has 2 aliphatic heterocycles. The van der Waals surface area contributed by atoms with Crippen LogP contribution in [0.25, 0.3) is 0 Å². The van der Waals surface area contributed by atoms with E-state index in [0.717, 1.165) is 17.8 Å². The van der Waals surface area contributed by atoms with E-state index in [1.807, 2.05) is 4.90 Å². The number of fused-ring (bicyclic) bond motifs is 3. The first-order valence-electron chi connectivity index (χ1n) is 11.7. The molecule has 0 spiro atoms. The molecule has 3 aromatic carbocycles. The lowest BCUT2D eigenvalue weighted by atomic mass is 9.82. The van der Waals surface area contributed by atoms with E-state index >= 15 is 0 Å². The molecule has 1 saturated heterocycles. The Morgan fingerprint density at radius 1 is 0.944 bits per heavy atom. The highest BCUT2D eigenvalue weighted by molar-refractivity contribution is 5.82. The highest BCUT2D eigenvalue weighted by Crippen LogP contribution is 2.40. The third-order valence-electron chi connectivity index (χ3n) is 6.92. The first-order valence-corrected chi connectivity index (χ1v) is 11.7. The largest absolute Gasteiger partial charge is 0.416 e. The maximum Gasteiger partial charge on any atom is 0.416 e. The number of carbonyl (C=O) groups is 1. The Kier molecular flexibility index (Phi) is 6.32. The van der Waals surface area contributed by atoms with Crippen LogP contribution in [0.2, 0.25) is 0 Å². The summed E-state index contributed by atoms with van der Waals surface area (Å²) in [4.78, 5) is 17.4. The van der Waals surface area contributed by atoms with Crippen LogP contribution in [0.1, 0.15) is 16.7 Å². The molecule has 1 N–H and O–H groups in total. The van der Waals surface area contributed by atoms with Gasteiger partial charge in [-0.05, 0) is 72.1 Å². The van der Waals surface area contributed by atoms with Crippen LogP contribution in [0, 0.1) is 17.6 Å². The molecular formula is C27H24F5N3O. The molecule has 1 amide bonds. The van der Waals surface area contributed by atoms with Gasteiger partial charge in [-0.3, -0.25) is 4.79 Å². The molecule has 188 valence electrons. The Morgan fingerprint density at radius 3 is 2.44 bits per heavy atom. The summed E-state index contributed by atoms with van der Waals surface area (Å²) in [5.74, 6) is -1.70. The second kappa shape index (κ2) is 9.44. The number of nitrogens with one attached hydrogen (secondary N) is 1. The Bertz CT molecular complexity index is 1260. The Labute approximate surface area is 205 Å². The molecule has 0 unspecified atom stereocenters. The predicted molar refractivity (Wildman–Crippen MR) is 127 cm³/mol. The number of rotatable bonds is 4. The van der Waals surface area contributed by atoms with Gasteiger partial charge in [0.25, 0.3) is 0 Å². The molecule has 0 radical (unpaired) electrons. The van der Waals surface area contributed by atoms with Crippen molar-refractivity contribution in [1.82, 2.24) is 5.32 Å². The number of amides is 1. The number of carbonyl (C=O) groups excluding carboxylic acids is 1. The number of halogens is 5. The monoisotopic (exact) mass is 501 g/mol. The van der Waals surface area contributed by atoms with Crippen LogP contribution in [-0.4, -0.2) is 31.6 Å². The zero-order valence-electron chi connectivity index (χ0n) is 19.2. The molecule has 5 rings (SSSR count). The van der Waals surface area contributed by atoms with Gasteiger partial charge in [-0.2, -0.15) is 13.2 Å². The smallest absolute Gasteiger partial charge is 0.368 e. The van der Waals surface area contributed by atoms with Crippen LogP contribution in [0.15, 0.2) is 66.7 Å². The van der Waals surface area contributed by atoms with E-state index in [1.165, 1.54) is 30.3 Å². The summed E-state index contributed by atoms with van der Waals surface area (Å²) in [6, 6.07) is 15.4. The molecule has 2 atom stereocenters. The van der Waals surface area contributed by atoms with Crippen LogP contribution in [0.4, 0.5) is 33.3 Å². The van der Waals surface area contributed by atoms with Crippen molar-refractivity contribution in [2.24, 2.45) is 5.92 Å². The molecule has 3 aromatic rings. The Morgan fingerprint density at radius 2 is 1.72 bits per heavy atom. The minimum Gasteiger partial charge on any atom is -0.368 e. The van der Waals surface area contributed by atoms with Crippen molar-refractivity contribution in [3.63, 3.8) is 0 Å². The minimum absolute atomic E-state index is 0.108. The van der Waals surface area contributed by atoms with E-state index in [1.54, 1.807) is 24.3 Å². The van der Waals surface area contributed by atoms with E-state index in [-0.39, 0.29) is 30.7 Å². The van der Waals surface area contributed by atoms with Gasteiger partial charge >= 0.3 is 6.18 Å². The minimum atomic E-state index is -4.48. The lowest BCUT2D eigenvalue weighted by Crippen LogP contribution is -2.61. The number of alkyl halides is 3. The number of nitrogens with zero attached hydrogens (tertiary/aromatic N) is 2. The molecule has 2 heterocycles. The summed E-state index contributed by atoms with van der Waals surface area (Å²) in [5.41, 5.74) is 1.83. The van der Waals surface area contributed by atoms with Gasteiger partial charge in [0.05, 0.1) is 17.5 Å². The Balaban J connectivity index is 1.44. The summed E-state index contributed by atoms with van der Waals surface area (Å²) in [6.07, 6.45) is -4.34. The van der Waals surface area contributed by atoms with Gasteiger partial charge in [0, 0.05) is 37.6 Å². The van der Waals surface area contributed by atoms with Gasteiger partial charge < -0.3 is 15.1 Å². The highest BCUT2D eigenvalue weighted by atomic mass is 19.4. The van der Waals surface area contributed by atoms with Crippen molar-refractivity contribution in [1.29, 1.82) is 0 Å². The zero-order valence-corrected chi connectivity index (χ0v) is 19.2. The van der Waals surface area contributed by atoms with Gasteiger partial charge in [0.2, 0.25) is 5.91 Å². The summed E-state index contributed by atoms with van der Waals surface area (Å²) in [7, 11) is 0. The van der Waals surface area contributed by atoms with Gasteiger partial charge in [0.15, 0.2) is 0 Å². The van der Waals surface area contributed by atoms with Crippen LogP contribution in [0.3, 0.4) is 0 Å². The average molecular weight is 501 g/mol. The van der Waals surface area contributed by atoms with E-state index in [9.17, 15) is 26.7 Å². The fraction of sp³-hybridized carbons (Fsp3) is 0.296. The van der Waals surface area contributed by atoms with Crippen LogP contribution >= 0.6 is 0 Å². The number of anilines is 2. The summed E-state index contributed by atoms with van der Waals surface area (Å²) < 4.78 is 67.2. The number of hydrogen-bond acceptors (Lipinski definition) is 3. The fourth-order valence-corrected chi connectivity index (χ4v) is 5.15. The van der Waals surface area contributed by atoms with Gasteiger partial charge in [-0.25, -0.2) is 8.78 Å². The molecule has 0 aliphatic carbocycles. The normalized spacial score (nSPS) is 19.5. The van der Waals surface area contributed by atoms with E-state index in [4.69, 9.17) is 0 Å². The fourth-order valence-electron chi connectivity index (χ4n) is 5.15. The van der Waals surface area contributed by atoms with Crippen molar-refractivity contribution in [2.45, 2.75) is 25.2 Å². The lowest BCUT2D eigenvalue weighted by Gasteiger charge is -2.49. The summed E-state index contributed by atoms with van der Waals surface area (Å²) in [6.45, 7) is 1.62. The molecule has 1 fully saturated rings. The summed E-state index contributed by atoms with van der Waals surface area (Å²) in [5, 5.41) is 2.84. The molecule has 4 nitrogen and oxygen atoms in total. The molecule has 2 aliphatic rings. The topological polar surface area (TPSA) is 35.6 Å². The first kappa shape index (κ1) is 24.1. The van der Waals surface area contributed by atoms with Crippen molar-refractivity contribution in [2.75, 3.05) is 29.4 Å². The molecule has 36 heavy (non-hydrogen) atoms. The number of hydrogen-bond donors (Lipinski definition) is 1. The summed E-state index contributed by atoms with van der Waals surface area (Å²) >= 11 is 0. The molecule has 0 bridgehead atoms. The lowest BCUT2D eigenvalue weighted by molar-refractivity contribution is -0.137. The van der Waals surface area contributed by atoms with E-state index < -0.39 is 23.5 Å². The maximum atomic E-state index is 13.6. The van der Waals surface area contributed by atoms with Crippen molar-refractivity contribution >= 4 is 17.3 Å². The second-order valence-corrected chi connectivity index (χ2v) is 9.18. The zero-order chi connectivity index (χ0) is 25.4. The number of benzene rings is 3. The third kappa shape index (κ3) is 4.87. The third-order valence-corrected chi connectivity index (χ3v) is 6.92. The van der Waals surface area contributed by atoms with Crippen LogP contribution in [-0.2, 0) is 23.9 Å². The van der Waals surface area contributed by atoms with Crippen LogP contribution < -0.4 is 15.1 Å². The highest BCUT2D eigenvalue weighted by Gasteiger charge is 2.42. The quantitative estimate of drug-likeness (QED) is 0.502. The van der Waals surface area contributed by atoms with Gasteiger partial charge in [0.1, 0.15) is 11.6 Å². The van der Waals surface area contributed by atoms with Crippen molar-refractivity contribution in [3.05, 3.63) is 95.1 Å².